The number of rotatable bonds is 0. The van der Waals surface area contributed by atoms with Gasteiger partial charge in [-0.3, -0.25) is 0 Å². The van der Waals surface area contributed by atoms with Crippen LogP contribution >= 0.6 is 0 Å². The molecule has 0 N–H and O–H groups in total. The van der Waals surface area contributed by atoms with Gasteiger partial charge >= 0.3 is 0 Å². The molecule has 0 saturated carbocycles. The van der Waals surface area contributed by atoms with Crippen LogP contribution < -0.4 is 0 Å². The first-order valence-corrected chi connectivity index (χ1v) is 8.33. The zero-order valence-corrected chi connectivity index (χ0v) is 12.8. The van der Waals surface area contributed by atoms with Crippen molar-refractivity contribution in [2.24, 2.45) is 0 Å². The van der Waals surface area contributed by atoms with Crippen molar-refractivity contribution in [2.75, 3.05) is 13.1 Å². The van der Waals surface area contributed by atoms with E-state index >= 15 is 0 Å². The van der Waals surface area contributed by atoms with Crippen molar-refractivity contribution < 1.29 is 9.48 Å². The molecule has 0 aromatic rings. The highest BCUT2D eigenvalue weighted by Crippen LogP contribution is 2.07. The van der Waals surface area contributed by atoms with Gasteiger partial charge in [-0.15, -0.1) is 0 Å². The Labute approximate surface area is 123 Å². The van der Waals surface area contributed by atoms with E-state index < -0.39 is 0 Å². The normalized spacial score (nSPS) is 27.4. The van der Waals surface area contributed by atoms with E-state index in [0.717, 1.165) is 73.7 Å². The van der Waals surface area contributed by atoms with Crippen molar-refractivity contribution >= 4 is 12.4 Å². The predicted octanol–water partition coefficient (Wildman–Crippen LogP) is 3.84. The van der Waals surface area contributed by atoms with Crippen molar-refractivity contribution in [3.63, 3.8) is 0 Å². The molecule has 20 heavy (non-hydrogen) atoms. The van der Waals surface area contributed by atoms with Crippen molar-refractivity contribution in [3.05, 3.63) is 10.4 Å². The maximum Gasteiger partial charge on any atom is 0.153 e. The smallest absolute Gasteiger partial charge is 0.153 e. The van der Waals surface area contributed by atoms with E-state index in [1.807, 2.05) is 0 Å². The summed E-state index contributed by atoms with van der Waals surface area (Å²) < 4.78 is 2.23. The molecule has 0 bridgehead atoms. The first-order valence-electron chi connectivity index (χ1n) is 8.33. The standard InChI is InChI=1S/C16H30N2O2/c19-17-13-9-5-1-2-6-10-14-18(20)16-12-8-4-3-7-11-15-17/h13,16H,1-12,14-15H2/b17-13+,18-16+. The minimum atomic E-state index is 0.639. The summed E-state index contributed by atoms with van der Waals surface area (Å²) in [5.74, 6) is 0. The minimum absolute atomic E-state index is 0.639. The van der Waals surface area contributed by atoms with Crippen LogP contribution in [0.5, 0.6) is 0 Å². The van der Waals surface area contributed by atoms with E-state index in [0.29, 0.717) is 13.1 Å². The van der Waals surface area contributed by atoms with Gasteiger partial charge in [-0.05, 0) is 25.7 Å². The van der Waals surface area contributed by atoms with E-state index in [1.54, 1.807) is 12.4 Å². The third-order valence-electron chi connectivity index (χ3n) is 3.83. The van der Waals surface area contributed by atoms with Gasteiger partial charge in [0.25, 0.3) is 0 Å². The van der Waals surface area contributed by atoms with Crippen LogP contribution in [0.2, 0.25) is 0 Å². The molecular weight excluding hydrogens is 252 g/mol. The van der Waals surface area contributed by atoms with Crippen LogP contribution in [0.25, 0.3) is 0 Å². The third-order valence-corrected chi connectivity index (χ3v) is 3.83. The molecule has 0 amide bonds. The molecular formula is C16H30N2O2. The summed E-state index contributed by atoms with van der Waals surface area (Å²) in [6.07, 6.45) is 16.4. The SMILES string of the molecule is [O-]/[N+]1=C/CCCCCCC/[N+]([O-])=C\CCCCCCC1. The average Bonchev–Trinajstić information content (AvgIpc) is 2.43. The fourth-order valence-electron chi connectivity index (χ4n) is 2.54. The highest BCUT2D eigenvalue weighted by Gasteiger charge is 1.99. The molecule has 1 aliphatic rings. The Balaban J connectivity index is 2.28. The van der Waals surface area contributed by atoms with Gasteiger partial charge in [-0.1, -0.05) is 25.7 Å². The molecule has 116 valence electrons. The summed E-state index contributed by atoms with van der Waals surface area (Å²) in [4.78, 5) is 0. The highest BCUT2D eigenvalue weighted by atomic mass is 16.5. The zero-order chi connectivity index (χ0) is 14.5. The molecule has 0 unspecified atom stereocenters. The fourth-order valence-corrected chi connectivity index (χ4v) is 2.54. The lowest BCUT2D eigenvalue weighted by molar-refractivity contribution is -0.455. The molecule has 0 atom stereocenters. The summed E-state index contributed by atoms with van der Waals surface area (Å²) in [5, 5.41) is 23.1. The predicted molar refractivity (Wildman–Crippen MR) is 84.5 cm³/mol. The Morgan fingerprint density at radius 2 is 0.850 bits per heavy atom. The molecule has 0 spiro atoms. The molecule has 1 heterocycles. The molecule has 0 aliphatic carbocycles. The second-order valence-electron chi connectivity index (χ2n) is 5.76. The number of nitrogens with zero attached hydrogens (tertiary/aromatic N) is 2. The Kier molecular flexibility index (Phi) is 9.98. The molecule has 0 aromatic carbocycles. The molecule has 4 nitrogen and oxygen atoms in total. The summed E-state index contributed by atoms with van der Waals surface area (Å²) in [7, 11) is 0. The highest BCUT2D eigenvalue weighted by molar-refractivity contribution is 5.51. The summed E-state index contributed by atoms with van der Waals surface area (Å²) in [6, 6.07) is 0. The van der Waals surface area contributed by atoms with Gasteiger partial charge in [0.15, 0.2) is 25.5 Å². The van der Waals surface area contributed by atoms with Crippen LogP contribution in [0.4, 0.5) is 0 Å². The van der Waals surface area contributed by atoms with Gasteiger partial charge in [-0.2, -0.15) is 0 Å². The molecule has 0 fully saturated rings. The topological polar surface area (TPSA) is 52.1 Å². The molecule has 1 aliphatic heterocycles. The average molecular weight is 282 g/mol. The van der Waals surface area contributed by atoms with Gasteiger partial charge in [-0.25, -0.2) is 9.48 Å². The molecule has 0 radical (unpaired) electrons. The summed E-state index contributed by atoms with van der Waals surface area (Å²) in [6.45, 7) is 1.28. The first-order chi connectivity index (χ1) is 9.79. The van der Waals surface area contributed by atoms with Crippen molar-refractivity contribution in [2.45, 2.75) is 77.0 Å². The van der Waals surface area contributed by atoms with Gasteiger partial charge in [0.2, 0.25) is 0 Å². The maximum absolute atomic E-state index is 11.5. The molecule has 0 saturated heterocycles. The first kappa shape index (κ1) is 17.0. The van der Waals surface area contributed by atoms with Gasteiger partial charge in [0.05, 0.1) is 0 Å². The Bertz CT molecular complexity index is 271. The Morgan fingerprint density at radius 3 is 1.30 bits per heavy atom. The molecule has 1 rings (SSSR count). The van der Waals surface area contributed by atoms with Crippen molar-refractivity contribution in [3.8, 4) is 0 Å². The van der Waals surface area contributed by atoms with Crippen molar-refractivity contribution in [1.29, 1.82) is 0 Å². The molecule has 0 aromatic heterocycles. The number of hydrogen-bond donors (Lipinski definition) is 0. The van der Waals surface area contributed by atoms with E-state index in [-0.39, 0.29) is 0 Å². The zero-order valence-electron chi connectivity index (χ0n) is 12.8. The van der Waals surface area contributed by atoms with Crippen LogP contribution in [0.1, 0.15) is 77.0 Å². The lowest BCUT2D eigenvalue weighted by Gasteiger charge is -2.06. The summed E-state index contributed by atoms with van der Waals surface area (Å²) >= 11 is 0. The quantitative estimate of drug-likeness (QED) is 0.500. The largest absolute Gasteiger partial charge is 0.624 e. The summed E-state index contributed by atoms with van der Waals surface area (Å²) in [5.41, 5.74) is 0. The monoisotopic (exact) mass is 282 g/mol. The third kappa shape index (κ3) is 9.82. The van der Waals surface area contributed by atoms with Crippen LogP contribution in [0.15, 0.2) is 0 Å². The van der Waals surface area contributed by atoms with E-state index in [4.69, 9.17) is 0 Å². The fraction of sp³-hybridized carbons (Fsp3) is 0.875. The second kappa shape index (κ2) is 11.7. The van der Waals surface area contributed by atoms with Crippen LogP contribution in [-0.4, -0.2) is 35.0 Å². The van der Waals surface area contributed by atoms with Gasteiger partial charge in [0, 0.05) is 25.7 Å². The van der Waals surface area contributed by atoms with E-state index in [9.17, 15) is 10.4 Å². The van der Waals surface area contributed by atoms with Gasteiger partial charge < -0.3 is 10.4 Å². The van der Waals surface area contributed by atoms with Crippen LogP contribution in [0.3, 0.4) is 0 Å². The Hall–Kier alpha value is -1.06. The number of hydroxylamine groups is 2. The van der Waals surface area contributed by atoms with E-state index in [1.165, 1.54) is 12.8 Å². The lowest BCUT2D eigenvalue weighted by Crippen LogP contribution is -2.08. The second-order valence-corrected chi connectivity index (χ2v) is 5.76. The van der Waals surface area contributed by atoms with Crippen LogP contribution in [0, 0.1) is 10.4 Å². The van der Waals surface area contributed by atoms with Crippen molar-refractivity contribution in [1.82, 2.24) is 0 Å². The maximum atomic E-state index is 11.5. The molecule has 4 heteroatoms. The minimum Gasteiger partial charge on any atom is -0.624 e. The number of hydrogen-bond acceptors (Lipinski definition) is 2. The van der Waals surface area contributed by atoms with Crippen LogP contribution in [-0.2, 0) is 0 Å². The Morgan fingerprint density at radius 1 is 0.500 bits per heavy atom. The van der Waals surface area contributed by atoms with E-state index in [2.05, 4.69) is 0 Å². The van der Waals surface area contributed by atoms with Gasteiger partial charge in [0.1, 0.15) is 0 Å². The lowest BCUT2D eigenvalue weighted by atomic mass is 10.1.